The SMILES string of the molecule is CC(C)(O)C(=O)CCC1C(=O)N(c2ccccc2)N(c2ccccc2)C1=O. The molecule has 0 unspecified atom stereocenters. The number of para-hydroxylation sites is 2. The summed E-state index contributed by atoms with van der Waals surface area (Å²) in [6.45, 7) is 2.81. The zero-order valence-corrected chi connectivity index (χ0v) is 15.3. The number of ketones is 1. The molecule has 6 heteroatoms. The highest BCUT2D eigenvalue weighted by atomic mass is 16.3. The number of hydrogen-bond acceptors (Lipinski definition) is 4. The third kappa shape index (κ3) is 3.75. The third-order valence-electron chi connectivity index (χ3n) is 4.56. The number of anilines is 2. The first-order chi connectivity index (χ1) is 12.8. The van der Waals surface area contributed by atoms with Gasteiger partial charge < -0.3 is 5.11 Å². The molecule has 1 aliphatic rings. The summed E-state index contributed by atoms with van der Waals surface area (Å²) in [6.07, 6.45) is 0.0179. The lowest BCUT2D eigenvalue weighted by Crippen LogP contribution is -2.41. The molecule has 1 fully saturated rings. The van der Waals surface area contributed by atoms with Gasteiger partial charge in [-0.3, -0.25) is 14.4 Å². The van der Waals surface area contributed by atoms with Crippen LogP contribution in [0, 0.1) is 5.92 Å². The van der Waals surface area contributed by atoms with Crippen LogP contribution in [0.3, 0.4) is 0 Å². The average Bonchev–Trinajstić information content (AvgIpc) is 2.90. The van der Waals surface area contributed by atoms with E-state index in [1.807, 2.05) is 12.1 Å². The summed E-state index contributed by atoms with van der Waals surface area (Å²) in [6, 6.07) is 17.9. The van der Waals surface area contributed by atoms with Gasteiger partial charge in [-0.25, -0.2) is 10.0 Å². The molecule has 0 atom stereocenters. The van der Waals surface area contributed by atoms with E-state index >= 15 is 0 Å². The first kappa shape index (κ1) is 18.8. The molecule has 0 saturated carbocycles. The van der Waals surface area contributed by atoms with E-state index in [4.69, 9.17) is 0 Å². The fourth-order valence-corrected chi connectivity index (χ4v) is 3.05. The van der Waals surface area contributed by atoms with Crippen LogP contribution in [0.1, 0.15) is 26.7 Å². The molecule has 0 aliphatic carbocycles. The van der Waals surface area contributed by atoms with E-state index in [2.05, 4.69) is 0 Å². The number of amides is 2. The molecule has 1 heterocycles. The maximum atomic E-state index is 13.1. The van der Waals surface area contributed by atoms with Crippen LogP contribution < -0.4 is 10.0 Å². The number of hydrogen-bond donors (Lipinski definition) is 1. The standard InChI is InChI=1S/C21H22N2O4/c1-21(2,27)18(24)14-13-17-19(25)22(15-9-5-3-6-10-15)23(20(17)26)16-11-7-4-8-12-16/h3-12,17,27H,13-14H2,1-2H3. The molecule has 140 valence electrons. The van der Waals surface area contributed by atoms with E-state index in [9.17, 15) is 19.5 Å². The third-order valence-corrected chi connectivity index (χ3v) is 4.56. The predicted molar refractivity (Wildman–Crippen MR) is 102 cm³/mol. The van der Waals surface area contributed by atoms with Gasteiger partial charge in [0.05, 0.1) is 11.4 Å². The Morgan fingerprint density at radius 3 is 1.67 bits per heavy atom. The lowest BCUT2D eigenvalue weighted by Gasteiger charge is -2.27. The Kier molecular flexibility index (Phi) is 5.10. The van der Waals surface area contributed by atoms with Crippen LogP contribution in [0.15, 0.2) is 60.7 Å². The molecule has 3 rings (SSSR count). The monoisotopic (exact) mass is 366 g/mol. The number of carbonyl (C=O) groups excluding carboxylic acids is 3. The topological polar surface area (TPSA) is 77.9 Å². The number of carbonyl (C=O) groups is 3. The molecule has 2 aromatic carbocycles. The highest BCUT2D eigenvalue weighted by molar-refractivity contribution is 6.23. The normalized spacial score (nSPS) is 15.5. The van der Waals surface area contributed by atoms with Crippen LogP contribution in [0.2, 0.25) is 0 Å². The van der Waals surface area contributed by atoms with Gasteiger partial charge >= 0.3 is 0 Å². The van der Waals surface area contributed by atoms with Crippen LogP contribution in [-0.2, 0) is 14.4 Å². The zero-order valence-electron chi connectivity index (χ0n) is 15.3. The molecule has 0 aromatic heterocycles. The van der Waals surface area contributed by atoms with Crippen molar-refractivity contribution in [3.63, 3.8) is 0 Å². The molecule has 0 bridgehead atoms. The van der Waals surface area contributed by atoms with Gasteiger partial charge in [-0.1, -0.05) is 36.4 Å². The quantitative estimate of drug-likeness (QED) is 0.798. The summed E-state index contributed by atoms with van der Waals surface area (Å²) in [7, 11) is 0. The average molecular weight is 366 g/mol. The molecule has 27 heavy (non-hydrogen) atoms. The number of rotatable bonds is 6. The number of nitrogens with zero attached hydrogens (tertiary/aromatic N) is 2. The van der Waals surface area contributed by atoms with Crippen molar-refractivity contribution < 1.29 is 19.5 Å². The summed E-state index contributed by atoms with van der Waals surface area (Å²) in [5, 5.41) is 12.5. The molecule has 2 amide bonds. The Bertz CT molecular complexity index is 786. The Hall–Kier alpha value is -2.99. The Balaban J connectivity index is 1.93. The van der Waals surface area contributed by atoms with Crippen LogP contribution in [0.25, 0.3) is 0 Å². The summed E-state index contributed by atoms with van der Waals surface area (Å²) in [4.78, 5) is 38.1. The van der Waals surface area contributed by atoms with Crippen molar-refractivity contribution >= 4 is 29.0 Å². The summed E-state index contributed by atoms with van der Waals surface area (Å²) >= 11 is 0. The largest absolute Gasteiger partial charge is 0.383 e. The molecule has 1 N–H and O–H groups in total. The number of hydrazine groups is 1. The number of benzene rings is 2. The van der Waals surface area contributed by atoms with E-state index in [1.54, 1.807) is 48.5 Å². The van der Waals surface area contributed by atoms with E-state index < -0.39 is 17.3 Å². The summed E-state index contributed by atoms with van der Waals surface area (Å²) in [5.41, 5.74) is -0.324. The van der Waals surface area contributed by atoms with Crippen LogP contribution >= 0.6 is 0 Å². The first-order valence-corrected chi connectivity index (χ1v) is 8.84. The van der Waals surface area contributed by atoms with Gasteiger partial charge in [0, 0.05) is 6.42 Å². The van der Waals surface area contributed by atoms with Crippen LogP contribution in [0.5, 0.6) is 0 Å². The molecule has 1 aliphatic heterocycles. The Morgan fingerprint density at radius 1 is 0.889 bits per heavy atom. The van der Waals surface area contributed by atoms with Gasteiger partial charge in [0.1, 0.15) is 11.5 Å². The minimum absolute atomic E-state index is 0.0447. The number of Topliss-reactive ketones (excluding diaryl/α,β-unsaturated/α-hetero) is 1. The fourth-order valence-electron chi connectivity index (χ4n) is 3.05. The van der Waals surface area contributed by atoms with Gasteiger partial charge in [0.15, 0.2) is 5.78 Å². The van der Waals surface area contributed by atoms with Gasteiger partial charge in [-0.2, -0.15) is 0 Å². The Morgan fingerprint density at radius 2 is 1.30 bits per heavy atom. The van der Waals surface area contributed by atoms with Crippen molar-refractivity contribution in [3.8, 4) is 0 Å². The van der Waals surface area contributed by atoms with E-state index in [-0.39, 0.29) is 24.7 Å². The fraction of sp³-hybridized carbons (Fsp3) is 0.286. The van der Waals surface area contributed by atoms with Crippen molar-refractivity contribution in [2.75, 3.05) is 10.0 Å². The highest BCUT2D eigenvalue weighted by Gasteiger charge is 2.47. The van der Waals surface area contributed by atoms with Gasteiger partial charge in [0.2, 0.25) is 0 Å². The minimum Gasteiger partial charge on any atom is -0.383 e. The minimum atomic E-state index is -1.48. The van der Waals surface area contributed by atoms with Crippen molar-refractivity contribution in [2.45, 2.75) is 32.3 Å². The van der Waals surface area contributed by atoms with Gasteiger partial charge in [-0.05, 0) is 44.5 Å². The Labute approximate surface area is 158 Å². The van der Waals surface area contributed by atoms with Crippen LogP contribution in [-0.4, -0.2) is 28.3 Å². The predicted octanol–water partition coefficient (Wildman–Crippen LogP) is 2.72. The second-order valence-electron chi connectivity index (χ2n) is 7.04. The zero-order chi connectivity index (χ0) is 19.6. The summed E-state index contributed by atoms with van der Waals surface area (Å²) in [5.74, 6) is -2.11. The highest BCUT2D eigenvalue weighted by Crippen LogP contribution is 2.33. The summed E-state index contributed by atoms with van der Waals surface area (Å²) < 4.78 is 0. The van der Waals surface area contributed by atoms with Gasteiger partial charge in [-0.15, -0.1) is 0 Å². The van der Waals surface area contributed by atoms with Crippen molar-refractivity contribution in [2.24, 2.45) is 5.92 Å². The van der Waals surface area contributed by atoms with Crippen LogP contribution in [0.4, 0.5) is 11.4 Å². The van der Waals surface area contributed by atoms with Crippen molar-refractivity contribution in [1.82, 2.24) is 0 Å². The number of aliphatic hydroxyl groups is 1. The molecule has 0 radical (unpaired) electrons. The molecular formula is C21H22N2O4. The second kappa shape index (κ2) is 7.32. The van der Waals surface area contributed by atoms with Gasteiger partial charge in [0.25, 0.3) is 11.8 Å². The maximum absolute atomic E-state index is 13.1. The van der Waals surface area contributed by atoms with E-state index in [0.29, 0.717) is 11.4 Å². The first-order valence-electron chi connectivity index (χ1n) is 8.84. The lowest BCUT2D eigenvalue weighted by atomic mass is 9.94. The van der Waals surface area contributed by atoms with Crippen molar-refractivity contribution in [3.05, 3.63) is 60.7 Å². The lowest BCUT2D eigenvalue weighted by molar-refractivity contribution is -0.135. The second-order valence-corrected chi connectivity index (χ2v) is 7.04. The van der Waals surface area contributed by atoms with E-state index in [1.165, 1.54) is 23.9 Å². The molecular weight excluding hydrogens is 344 g/mol. The van der Waals surface area contributed by atoms with E-state index in [0.717, 1.165) is 0 Å². The molecule has 1 saturated heterocycles. The maximum Gasteiger partial charge on any atom is 0.258 e. The smallest absolute Gasteiger partial charge is 0.258 e. The molecule has 2 aromatic rings. The van der Waals surface area contributed by atoms with Crippen molar-refractivity contribution in [1.29, 1.82) is 0 Å². The molecule has 0 spiro atoms. The molecule has 6 nitrogen and oxygen atoms in total.